The minimum atomic E-state index is -4.31. The van der Waals surface area contributed by atoms with Gasteiger partial charge in [-0.25, -0.2) is 0 Å². The van der Waals surface area contributed by atoms with Crippen molar-refractivity contribution in [1.29, 1.82) is 5.26 Å². The molecule has 0 saturated carbocycles. The van der Waals surface area contributed by atoms with Crippen LogP contribution in [0, 0.1) is 11.3 Å². The molecule has 1 aromatic carbocycles. The van der Waals surface area contributed by atoms with Crippen LogP contribution < -0.4 is 10.6 Å². The van der Waals surface area contributed by atoms with Crippen LogP contribution in [0.2, 0.25) is 0 Å². The summed E-state index contributed by atoms with van der Waals surface area (Å²) < 4.78 is 30.9. The van der Waals surface area contributed by atoms with E-state index >= 15 is 0 Å². The zero-order chi connectivity index (χ0) is 16.0. The lowest BCUT2D eigenvalue weighted by atomic mass is 10.2. The fourth-order valence-corrected chi connectivity index (χ4v) is 1.92. The number of benzene rings is 1. The molecule has 0 unspecified atom stereocenters. The van der Waals surface area contributed by atoms with Gasteiger partial charge in [0.2, 0.25) is 0 Å². The molecule has 0 aliphatic heterocycles. The molecule has 7 nitrogen and oxygen atoms in total. The van der Waals surface area contributed by atoms with E-state index in [9.17, 15) is 13.2 Å². The molecular formula is C13H15N3O4S. The molecule has 3 N–H and O–H groups in total. The number of nitrogens with zero attached hydrogens (tertiary/aromatic N) is 1. The van der Waals surface area contributed by atoms with Crippen LogP contribution in [0.3, 0.4) is 0 Å². The molecule has 0 heterocycles. The van der Waals surface area contributed by atoms with Gasteiger partial charge >= 0.3 is 0 Å². The summed E-state index contributed by atoms with van der Waals surface area (Å²) >= 11 is 0. The highest BCUT2D eigenvalue weighted by atomic mass is 32.2. The average Bonchev–Trinajstić information content (AvgIpc) is 2.38. The third-order valence-corrected chi connectivity index (χ3v) is 3.15. The lowest BCUT2D eigenvalue weighted by molar-refractivity contribution is -0.117. The summed E-state index contributed by atoms with van der Waals surface area (Å²) in [6, 6.07) is 6.98. The van der Waals surface area contributed by atoms with E-state index in [4.69, 9.17) is 9.81 Å². The summed E-state index contributed by atoms with van der Waals surface area (Å²) in [5, 5.41) is 14.1. The topological polar surface area (TPSA) is 119 Å². The van der Waals surface area contributed by atoms with E-state index < -0.39 is 16.0 Å². The van der Waals surface area contributed by atoms with Crippen molar-refractivity contribution < 1.29 is 17.8 Å². The highest BCUT2D eigenvalue weighted by molar-refractivity contribution is 7.85. The number of hydrogen-bond acceptors (Lipinski definition) is 5. The summed E-state index contributed by atoms with van der Waals surface area (Å²) in [5.74, 6) is -0.536. The van der Waals surface area contributed by atoms with Gasteiger partial charge in [-0.3, -0.25) is 9.35 Å². The van der Waals surface area contributed by atoms with E-state index in [0.29, 0.717) is 5.69 Å². The third kappa shape index (κ3) is 5.25. The Hall–Kier alpha value is -2.37. The Morgan fingerprint density at radius 1 is 1.43 bits per heavy atom. The lowest BCUT2D eigenvalue weighted by Gasteiger charge is -2.08. The maximum Gasteiger partial charge on any atom is 0.294 e. The minimum Gasteiger partial charge on any atom is -0.360 e. The number of anilines is 1. The van der Waals surface area contributed by atoms with E-state index in [1.165, 1.54) is 30.5 Å². The molecule has 1 aromatic rings. The van der Waals surface area contributed by atoms with Crippen LogP contribution in [0.4, 0.5) is 5.69 Å². The van der Waals surface area contributed by atoms with E-state index in [-0.39, 0.29) is 16.5 Å². The summed E-state index contributed by atoms with van der Waals surface area (Å²) in [7, 11) is -4.31. The van der Waals surface area contributed by atoms with E-state index in [1.807, 2.05) is 0 Å². The maximum atomic E-state index is 11.7. The van der Waals surface area contributed by atoms with Gasteiger partial charge < -0.3 is 10.6 Å². The number of nitrogens with one attached hydrogen (secondary N) is 2. The number of amides is 1. The number of carbonyl (C=O) groups is 1. The molecule has 112 valence electrons. The Bertz CT molecular complexity index is 702. The van der Waals surface area contributed by atoms with Crippen LogP contribution in [-0.4, -0.2) is 24.9 Å². The molecule has 0 aliphatic carbocycles. The minimum absolute atomic E-state index is 0.114. The molecule has 8 heteroatoms. The van der Waals surface area contributed by atoms with E-state index in [2.05, 4.69) is 10.6 Å². The molecule has 0 bridgehead atoms. The molecule has 0 aliphatic rings. The van der Waals surface area contributed by atoms with Gasteiger partial charge in [0.1, 0.15) is 11.6 Å². The highest BCUT2D eigenvalue weighted by Crippen LogP contribution is 2.15. The first-order valence-electron chi connectivity index (χ1n) is 5.99. The highest BCUT2D eigenvalue weighted by Gasteiger charge is 2.11. The Balaban J connectivity index is 2.93. The lowest BCUT2D eigenvalue weighted by Crippen LogP contribution is -2.31. The average molecular weight is 309 g/mol. The Labute approximate surface area is 123 Å². The molecule has 21 heavy (non-hydrogen) atoms. The predicted molar refractivity (Wildman–Crippen MR) is 76.9 cm³/mol. The normalized spacial score (nSPS) is 11.9. The number of carbonyl (C=O) groups excluding carboxylic acids is 1. The van der Waals surface area contributed by atoms with Crippen molar-refractivity contribution in [2.45, 2.75) is 24.8 Å². The predicted octanol–water partition coefficient (Wildman–Crippen LogP) is 1.28. The Kier molecular flexibility index (Phi) is 5.46. The molecule has 1 rings (SSSR count). The first-order valence-corrected chi connectivity index (χ1v) is 7.43. The number of nitriles is 1. The van der Waals surface area contributed by atoms with Crippen molar-refractivity contribution in [2.75, 3.05) is 5.32 Å². The van der Waals surface area contributed by atoms with Gasteiger partial charge in [0.15, 0.2) is 0 Å². The van der Waals surface area contributed by atoms with Gasteiger partial charge in [0.05, 0.1) is 4.90 Å². The molecule has 0 atom stereocenters. The van der Waals surface area contributed by atoms with Crippen molar-refractivity contribution in [1.82, 2.24) is 5.32 Å². The van der Waals surface area contributed by atoms with Crippen LogP contribution in [-0.2, 0) is 14.9 Å². The monoisotopic (exact) mass is 309 g/mol. The molecule has 0 aromatic heterocycles. The van der Waals surface area contributed by atoms with Crippen LogP contribution >= 0.6 is 0 Å². The quantitative estimate of drug-likeness (QED) is 0.428. The second kappa shape index (κ2) is 6.88. The molecule has 0 fully saturated rings. The standard InChI is InChI=1S/C13H15N3O4S/c1-9(2)16-13(17)10(7-14)8-15-11-4-3-5-12(6-11)21(18,19)20/h3-6,8-9,15H,1-2H3,(H,16,17)(H,18,19,20)/b10-8-. The van der Waals surface area contributed by atoms with Gasteiger partial charge in [-0.05, 0) is 32.0 Å². The van der Waals surface area contributed by atoms with Crippen molar-refractivity contribution in [3.05, 3.63) is 36.0 Å². The maximum absolute atomic E-state index is 11.7. The summed E-state index contributed by atoms with van der Waals surface area (Å²) in [6.07, 6.45) is 1.17. The molecule has 0 spiro atoms. The zero-order valence-electron chi connectivity index (χ0n) is 11.5. The number of hydrogen-bond donors (Lipinski definition) is 3. The second-order valence-corrected chi connectivity index (χ2v) is 5.87. The molecule has 1 amide bonds. The Morgan fingerprint density at radius 3 is 2.62 bits per heavy atom. The summed E-state index contributed by atoms with van der Waals surface area (Å²) in [5.41, 5.74) is 0.163. The summed E-state index contributed by atoms with van der Waals surface area (Å²) in [6.45, 7) is 3.52. The fraction of sp³-hybridized carbons (Fsp3) is 0.231. The van der Waals surface area contributed by atoms with Gasteiger partial charge in [-0.15, -0.1) is 0 Å². The third-order valence-electron chi connectivity index (χ3n) is 2.30. The number of rotatable bonds is 5. The fourth-order valence-electron chi connectivity index (χ4n) is 1.39. The van der Waals surface area contributed by atoms with Crippen LogP contribution in [0.25, 0.3) is 0 Å². The van der Waals surface area contributed by atoms with Crippen LogP contribution in [0.1, 0.15) is 13.8 Å². The van der Waals surface area contributed by atoms with Gasteiger partial charge in [0, 0.05) is 17.9 Å². The molecular weight excluding hydrogens is 294 g/mol. The van der Waals surface area contributed by atoms with Gasteiger partial charge in [-0.1, -0.05) is 6.07 Å². The van der Waals surface area contributed by atoms with Crippen molar-refractivity contribution >= 4 is 21.7 Å². The van der Waals surface area contributed by atoms with E-state index in [0.717, 1.165) is 0 Å². The van der Waals surface area contributed by atoms with Crippen molar-refractivity contribution in [3.63, 3.8) is 0 Å². The van der Waals surface area contributed by atoms with Crippen molar-refractivity contribution in [2.24, 2.45) is 0 Å². The van der Waals surface area contributed by atoms with E-state index in [1.54, 1.807) is 19.9 Å². The Morgan fingerprint density at radius 2 is 2.10 bits per heavy atom. The van der Waals surface area contributed by atoms with Crippen LogP contribution in [0.5, 0.6) is 0 Å². The van der Waals surface area contributed by atoms with Crippen LogP contribution in [0.15, 0.2) is 40.9 Å². The smallest absolute Gasteiger partial charge is 0.294 e. The summed E-state index contributed by atoms with van der Waals surface area (Å²) in [4.78, 5) is 11.4. The second-order valence-electron chi connectivity index (χ2n) is 4.45. The zero-order valence-corrected chi connectivity index (χ0v) is 12.3. The largest absolute Gasteiger partial charge is 0.360 e. The first-order chi connectivity index (χ1) is 9.74. The van der Waals surface area contributed by atoms with Crippen molar-refractivity contribution in [3.8, 4) is 6.07 Å². The van der Waals surface area contributed by atoms with Gasteiger partial charge in [-0.2, -0.15) is 13.7 Å². The molecule has 0 radical (unpaired) electrons. The molecule has 0 saturated heterocycles. The first kappa shape index (κ1) is 16.7. The van der Waals surface area contributed by atoms with Gasteiger partial charge in [0.25, 0.3) is 16.0 Å². The SMILES string of the molecule is CC(C)NC(=O)/C(C#N)=C\Nc1cccc(S(=O)(=O)O)c1.